The summed E-state index contributed by atoms with van der Waals surface area (Å²) in [5, 5.41) is 6.11. The van der Waals surface area contributed by atoms with Crippen molar-refractivity contribution in [2.75, 3.05) is 19.5 Å². The third-order valence-corrected chi connectivity index (χ3v) is 3.50. The highest BCUT2D eigenvalue weighted by atomic mass is 32.1. The molecule has 114 valence electrons. The molecule has 0 unspecified atom stereocenters. The lowest BCUT2D eigenvalue weighted by atomic mass is 10.1. The Labute approximate surface area is 130 Å². The number of hydrogen-bond donors (Lipinski definition) is 1. The molecule has 6 nitrogen and oxygen atoms in total. The van der Waals surface area contributed by atoms with Gasteiger partial charge in [0.2, 0.25) is 0 Å². The number of amides is 1. The van der Waals surface area contributed by atoms with E-state index in [2.05, 4.69) is 14.8 Å². The molecule has 7 heteroatoms. The van der Waals surface area contributed by atoms with E-state index >= 15 is 0 Å². The molecule has 0 radical (unpaired) electrons. The van der Waals surface area contributed by atoms with Crippen molar-refractivity contribution in [2.45, 2.75) is 0 Å². The van der Waals surface area contributed by atoms with Crippen molar-refractivity contribution in [2.24, 2.45) is 0 Å². The summed E-state index contributed by atoms with van der Waals surface area (Å²) in [6.45, 7) is 0. The van der Waals surface area contributed by atoms with Crippen molar-refractivity contribution < 1.29 is 23.9 Å². The van der Waals surface area contributed by atoms with Crippen LogP contribution in [0.2, 0.25) is 0 Å². The van der Waals surface area contributed by atoms with E-state index in [0.29, 0.717) is 11.3 Å². The van der Waals surface area contributed by atoms with Crippen LogP contribution in [0, 0.1) is 0 Å². The van der Waals surface area contributed by atoms with Gasteiger partial charge in [-0.05, 0) is 29.6 Å². The first-order valence-electron chi connectivity index (χ1n) is 6.20. The minimum absolute atomic E-state index is 0.144. The second-order valence-corrected chi connectivity index (χ2v) is 5.03. The molecule has 0 saturated carbocycles. The number of hydrogen-bond acceptors (Lipinski definition) is 6. The number of methoxy groups -OCH3 is 2. The van der Waals surface area contributed by atoms with Gasteiger partial charge < -0.3 is 14.8 Å². The molecule has 1 aromatic carbocycles. The Balaban J connectivity index is 2.35. The number of anilines is 1. The summed E-state index contributed by atoms with van der Waals surface area (Å²) in [6.07, 6.45) is 0. The Morgan fingerprint density at radius 3 is 2.00 bits per heavy atom. The van der Waals surface area contributed by atoms with Crippen LogP contribution in [0.25, 0.3) is 0 Å². The molecule has 1 N–H and O–H groups in total. The Morgan fingerprint density at radius 1 is 0.955 bits per heavy atom. The van der Waals surface area contributed by atoms with Gasteiger partial charge >= 0.3 is 11.9 Å². The van der Waals surface area contributed by atoms with E-state index in [4.69, 9.17) is 0 Å². The van der Waals surface area contributed by atoms with Crippen molar-refractivity contribution in [1.82, 2.24) is 0 Å². The first-order valence-corrected chi connectivity index (χ1v) is 7.14. The van der Waals surface area contributed by atoms with Gasteiger partial charge in [0, 0.05) is 11.1 Å². The summed E-state index contributed by atoms with van der Waals surface area (Å²) in [5.74, 6) is -1.56. The number of carbonyl (C=O) groups is 3. The van der Waals surface area contributed by atoms with Crippen LogP contribution < -0.4 is 5.32 Å². The highest BCUT2D eigenvalue weighted by Gasteiger charge is 2.15. The highest BCUT2D eigenvalue weighted by Crippen LogP contribution is 2.18. The van der Waals surface area contributed by atoms with E-state index in [0.717, 1.165) is 0 Å². The molecule has 1 heterocycles. The minimum atomic E-state index is -0.614. The SMILES string of the molecule is COC(=O)c1cc(NC(=O)c2ccsc2)cc(C(=O)OC)c1. The number of nitrogens with one attached hydrogen (secondary N) is 1. The van der Waals surface area contributed by atoms with Crippen LogP contribution >= 0.6 is 11.3 Å². The van der Waals surface area contributed by atoms with Crippen molar-refractivity contribution in [1.29, 1.82) is 0 Å². The Bertz CT molecular complexity index is 674. The average molecular weight is 319 g/mol. The second kappa shape index (κ2) is 6.86. The molecule has 0 bridgehead atoms. The van der Waals surface area contributed by atoms with Gasteiger partial charge in [-0.2, -0.15) is 11.3 Å². The first-order chi connectivity index (χ1) is 10.5. The molecule has 0 aliphatic rings. The molecule has 0 aliphatic heterocycles. The van der Waals surface area contributed by atoms with Crippen molar-refractivity contribution in [3.8, 4) is 0 Å². The number of carbonyl (C=O) groups excluding carboxylic acids is 3. The van der Waals surface area contributed by atoms with Crippen LogP contribution in [0.5, 0.6) is 0 Å². The van der Waals surface area contributed by atoms with E-state index in [1.807, 2.05) is 0 Å². The van der Waals surface area contributed by atoms with Crippen LogP contribution in [-0.4, -0.2) is 32.1 Å². The van der Waals surface area contributed by atoms with Gasteiger partial charge in [-0.1, -0.05) is 0 Å². The maximum Gasteiger partial charge on any atom is 0.337 e. The lowest BCUT2D eigenvalue weighted by molar-refractivity contribution is 0.0599. The predicted molar refractivity (Wildman–Crippen MR) is 81.4 cm³/mol. The first kappa shape index (κ1) is 15.7. The van der Waals surface area contributed by atoms with E-state index in [1.165, 1.54) is 43.8 Å². The topological polar surface area (TPSA) is 81.7 Å². The van der Waals surface area contributed by atoms with Gasteiger partial charge in [-0.3, -0.25) is 4.79 Å². The van der Waals surface area contributed by atoms with Gasteiger partial charge in [-0.15, -0.1) is 0 Å². The van der Waals surface area contributed by atoms with Crippen LogP contribution in [0.1, 0.15) is 31.1 Å². The third kappa shape index (κ3) is 3.50. The molecule has 0 spiro atoms. The van der Waals surface area contributed by atoms with E-state index in [-0.39, 0.29) is 17.0 Å². The largest absolute Gasteiger partial charge is 0.465 e. The fourth-order valence-electron chi connectivity index (χ4n) is 1.77. The molecule has 0 atom stereocenters. The van der Waals surface area contributed by atoms with Gasteiger partial charge in [0.05, 0.1) is 30.9 Å². The standard InChI is InChI=1S/C15H13NO5S/c1-20-14(18)10-5-11(15(19)21-2)7-12(6-10)16-13(17)9-3-4-22-8-9/h3-8H,1-2H3,(H,16,17). The lowest BCUT2D eigenvalue weighted by Gasteiger charge is -2.09. The predicted octanol–water partition coefficient (Wildman–Crippen LogP) is 2.57. The molecule has 2 rings (SSSR count). The summed E-state index contributed by atoms with van der Waals surface area (Å²) in [5.41, 5.74) is 1.09. The highest BCUT2D eigenvalue weighted by molar-refractivity contribution is 7.08. The van der Waals surface area contributed by atoms with Gasteiger partial charge in [0.25, 0.3) is 5.91 Å². The van der Waals surface area contributed by atoms with Crippen molar-refractivity contribution in [3.63, 3.8) is 0 Å². The molecule has 0 aliphatic carbocycles. The van der Waals surface area contributed by atoms with E-state index in [1.54, 1.807) is 16.8 Å². The minimum Gasteiger partial charge on any atom is -0.465 e. The normalized spacial score (nSPS) is 9.91. The molecular formula is C15H13NO5S. The Morgan fingerprint density at radius 2 is 1.55 bits per heavy atom. The maximum atomic E-state index is 12.0. The maximum absolute atomic E-state index is 12.0. The molecule has 1 aromatic heterocycles. The average Bonchev–Trinajstić information content (AvgIpc) is 3.07. The molecule has 22 heavy (non-hydrogen) atoms. The summed E-state index contributed by atoms with van der Waals surface area (Å²) >= 11 is 1.39. The fourth-order valence-corrected chi connectivity index (χ4v) is 2.40. The van der Waals surface area contributed by atoms with Crippen LogP contribution in [0.4, 0.5) is 5.69 Å². The summed E-state index contributed by atoms with van der Waals surface area (Å²) in [6, 6.07) is 5.88. The number of benzene rings is 1. The van der Waals surface area contributed by atoms with Crippen LogP contribution in [0.15, 0.2) is 35.0 Å². The lowest BCUT2D eigenvalue weighted by Crippen LogP contribution is -2.13. The zero-order valence-electron chi connectivity index (χ0n) is 11.9. The molecule has 1 amide bonds. The number of ether oxygens (including phenoxy) is 2. The third-order valence-electron chi connectivity index (χ3n) is 2.82. The van der Waals surface area contributed by atoms with Crippen LogP contribution in [0.3, 0.4) is 0 Å². The number of esters is 2. The monoisotopic (exact) mass is 319 g/mol. The Kier molecular flexibility index (Phi) is 4.90. The van der Waals surface area contributed by atoms with Gasteiger partial charge in [0.1, 0.15) is 0 Å². The zero-order valence-corrected chi connectivity index (χ0v) is 12.7. The molecule has 0 saturated heterocycles. The number of thiophene rings is 1. The van der Waals surface area contributed by atoms with E-state index < -0.39 is 11.9 Å². The number of rotatable bonds is 4. The van der Waals surface area contributed by atoms with Crippen LogP contribution in [-0.2, 0) is 9.47 Å². The molecule has 0 fully saturated rings. The van der Waals surface area contributed by atoms with Crippen molar-refractivity contribution in [3.05, 3.63) is 51.7 Å². The molecule has 2 aromatic rings. The summed E-state index contributed by atoms with van der Waals surface area (Å²) < 4.78 is 9.27. The zero-order chi connectivity index (χ0) is 16.1. The summed E-state index contributed by atoms with van der Waals surface area (Å²) in [4.78, 5) is 35.4. The van der Waals surface area contributed by atoms with Crippen molar-refractivity contribution >= 4 is 34.9 Å². The smallest absolute Gasteiger partial charge is 0.337 e. The quantitative estimate of drug-likeness (QED) is 0.876. The second-order valence-electron chi connectivity index (χ2n) is 4.25. The Hall–Kier alpha value is -2.67. The van der Waals surface area contributed by atoms with Gasteiger partial charge in [-0.25, -0.2) is 9.59 Å². The summed E-state index contributed by atoms with van der Waals surface area (Å²) in [7, 11) is 2.47. The fraction of sp³-hybridized carbons (Fsp3) is 0.133. The van der Waals surface area contributed by atoms with Gasteiger partial charge in [0.15, 0.2) is 0 Å². The van der Waals surface area contributed by atoms with E-state index in [9.17, 15) is 14.4 Å². The molecular weight excluding hydrogens is 306 g/mol.